The van der Waals surface area contributed by atoms with Crippen molar-refractivity contribution in [1.82, 2.24) is 5.32 Å². The molecule has 4 nitrogen and oxygen atoms in total. The third-order valence-corrected chi connectivity index (χ3v) is 3.28. The molecule has 2 aromatic carbocycles. The van der Waals surface area contributed by atoms with E-state index in [-0.39, 0.29) is 12.3 Å². The van der Waals surface area contributed by atoms with Crippen LogP contribution in [0.5, 0.6) is 5.75 Å². The van der Waals surface area contributed by atoms with Crippen LogP contribution < -0.4 is 5.32 Å². The van der Waals surface area contributed by atoms with E-state index in [0.29, 0.717) is 4.47 Å². The Labute approximate surface area is 106 Å². The third kappa shape index (κ3) is 2.50. The summed E-state index contributed by atoms with van der Waals surface area (Å²) in [6, 6.07) is 8.94. The van der Waals surface area contributed by atoms with Crippen LogP contribution in [0.4, 0.5) is 4.79 Å². The second-order valence-electron chi connectivity index (χ2n) is 3.61. The van der Waals surface area contributed by atoms with Crippen LogP contribution in [0.2, 0.25) is 0 Å². The molecule has 0 fully saturated rings. The lowest BCUT2D eigenvalue weighted by Crippen LogP contribution is -2.19. The summed E-state index contributed by atoms with van der Waals surface area (Å²) in [6.07, 6.45) is -1.04. The molecule has 17 heavy (non-hydrogen) atoms. The SMILES string of the molecule is O=C(O)NCc1ccc2c(Br)c(O)ccc2c1. The number of hydrogen-bond acceptors (Lipinski definition) is 2. The summed E-state index contributed by atoms with van der Waals surface area (Å²) in [5, 5.41) is 22.2. The van der Waals surface area contributed by atoms with Gasteiger partial charge in [0.1, 0.15) is 5.75 Å². The van der Waals surface area contributed by atoms with Crippen molar-refractivity contribution in [3.63, 3.8) is 0 Å². The zero-order valence-electron chi connectivity index (χ0n) is 8.77. The van der Waals surface area contributed by atoms with Gasteiger partial charge in [0.15, 0.2) is 0 Å². The van der Waals surface area contributed by atoms with Crippen molar-refractivity contribution in [2.45, 2.75) is 6.54 Å². The number of carbonyl (C=O) groups is 1. The summed E-state index contributed by atoms with van der Waals surface area (Å²) in [5.74, 6) is 0.189. The van der Waals surface area contributed by atoms with E-state index in [2.05, 4.69) is 21.2 Å². The molecule has 2 rings (SSSR count). The molecule has 2 aromatic rings. The van der Waals surface area contributed by atoms with Gasteiger partial charge >= 0.3 is 6.09 Å². The molecule has 5 heteroatoms. The van der Waals surface area contributed by atoms with Crippen molar-refractivity contribution in [2.75, 3.05) is 0 Å². The first-order chi connectivity index (χ1) is 8.08. The van der Waals surface area contributed by atoms with Crippen LogP contribution in [0.15, 0.2) is 34.8 Å². The second-order valence-corrected chi connectivity index (χ2v) is 4.41. The number of phenols is 1. The summed E-state index contributed by atoms with van der Waals surface area (Å²) in [4.78, 5) is 10.4. The Kier molecular flexibility index (Phi) is 3.19. The highest BCUT2D eigenvalue weighted by atomic mass is 79.9. The smallest absolute Gasteiger partial charge is 0.404 e. The Bertz CT molecular complexity index is 583. The Morgan fingerprint density at radius 3 is 2.76 bits per heavy atom. The fourth-order valence-corrected chi connectivity index (χ4v) is 2.11. The molecule has 0 aromatic heterocycles. The van der Waals surface area contributed by atoms with Crippen molar-refractivity contribution in [2.24, 2.45) is 0 Å². The van der Waals surface area contributed by atoms with E-state index in [1.807, 2.05) is 18.2 Å². The van der Waals surface area contributed by atoms with Gasteiger partial charge in [-0.25, -0.2) is 4.79 Å². The molecule has 0 saturated carbocycles. The highest BCUT2D eigenvalue weighted by Gasteiger charge is 2.05. The molecule has 0 spiro atoms. The third-order valence-electron chi connectivity index (χ3n) is 2.44. The molecule has 88 valence electrons. The quantitative estimate of drug-likeness (QED) is 0.797. The van der Waals surface area contributed by atoms with E-state index in [1.165, 1.54) is 0 Å². The van der Waals surface area contributed by atoms with E-state index in [0.717, 1.165) is 16.3 Å². The summed E-state index contributed by atoms with van der Waals surface area (Å²) in [5.41, 5.74) is 0.873. The zero-order chi connectivity index (χ0) is 12.4. The minimum Gasteiger partial charge on any atom is -0.507 e. The van der Waals surface area contributed by atoms with E-state index in [1.54, 1.807) is 12.1 Å². The highest BCUT2D eigenvalue weighted by molar-refractivity contribution is 9.10. The summed E-state index contributed by atoms with van der Waals surface area (Å²) < 4.78 is 0.646. The van der Waals surface area contributed by atoms with Crippen LogP contribution in [0.25, 0.3) is 10.8 Å². The van der Waals surface area contributed by atoms with Crippen molar-refractivity contribution >= 4 is 32.8 Å². The van der Waals surface area contributed by atoms with E-state index in [9.17, 15) is 9.90 Å². The van der Waals surface area contributed by atoms with Crippen molar-refractivity contribution < 1.29 is 15.0 Å². The lowest BCUT2D eigenvalue weighted by molar-refractivity contribution is 0.194. The first-order valence-electron chi connectivity index (χ1n) is 4.95. The number of fused-ring (bicyclic) bond motifs is 1. The maximum absolute atomic E-state index is 10.4. The lowest BCUT2D eigenvalue weighted by atomic mass is 10.1. The second kappa shape index (κ2) is 4.63. The molecule has 3 N–H and O–H groups in total. The molecule has 0 bridgehead atoms. The van der Waals surface area contributed by atoms with Crippen LogP contribution in [0.1, 0.15) is 5.56 Å². The van der Waals surface area contributed by atoms with Gasteiger partial charge in [0.25, 0.3) is 0 Å². The van der Waals surface area contributed by atoms with Gasteiger partial charge in [-0.3, -0.25) is 0 Å². The Balaban J connectivity index is 2.38. The number of aromatic hydroxyl groups is 1. The van der Waals surface area contributed by atoms with Gasteiger partial charge in [-0.2, -0.15) is 0 Å². The van der Waals surface area contributed by atoms with Gasteiger partial charge in [-0.05, 0) is 44.4 Å². The van der Waals surface area contributed by atoms with Gasteiger partial charge in [-0.1, -0.05) is 18.2 Å². The van der Waals surface area contributed by atoms with Gasteiger partial charge in [0.2, 0.25) is 0 Å². The molecule has 0 aliphatic heterocycles. The number of halogens is 1. The summed E-state index contributed by atoms with van der Waals surface area (Å²) in [6.45, 7) is 0.268. The van der Waals surface area contributed by atoms with E-state index >= 15 is 0 Å². The van der Waals surface area contributed by atoms with Crippen molar-refractivity contribution in [1.29, 1.82) is 0 Å². The van der Waals surface area contributed by atoms with Gasteiger partial charge in [-0.15, -0.1) is 0 Å². The number of nitrogens with one attached hydrogen (secondary N) is 1. The molecule has 0 saturated heterocycles. The molecule has 0 aliphatic rings. The minimum absolute atomic E-state index is 0.189. The first kappa shape index (κ1) is 11.7. The van der Waals surface area contributed by atoms with E-state index < -0.39 is 6.09 Å². The Hall–Kier alpha value is -1.75. The summed E-state index contributed by atoms with van der Waals surface area (Å²) in [7, 11) is 0. The highest BCUT2D eigenvalue weighted by Crippen LogP contribution is 2.32. The number of carboxylic acid groups (broad SMARTS) is 1. The Morgan fingerprint density at radius 2 is 2.06 bits per heavy atom. The monoisotopic (exact) mass is 295 g/mol. The minimum atomic E-state index is -1.04. The largest absolute Gasteiger partial charge is 0.507 e. The number of amides is 1. The standard InChI is InChI=1S/C12H10BrNO3/c13-11-9-3-1-7(6-14-12(16)17)5-8(9)2-4-10(11)15/h1-5,14-15H,6H2,(H,16,17). The number of rotatable bonds is 2. The summed E-state index contributed by atoms with van der Waals surface area (Å²) >= 11 is 3.31. The van der Waals surface area contributed by atoms with Crippen molar-refractivity contribution in [3.05, 3.63) is 40.4 Å². The van der Waals surface area contributed by atoms with Crippen LogP contribution in [0, 0.1) is 0 Å². The molecule has 0 atom stereocenters. The molecule has 0 aliphatic carbocycles. The molecular formula is C12H10BrNO3. The molecule has 0 radical (unpaired) electrons. The fraction of sp³-hybridized carbons (Fsp3) is 0.0833. The predicted molar refractivity (Wildman–Crippen MR) is 68.2 cm³/mol. The first-order valence-corrected chi connectivity index (χ1v) is 5.74. The van der Waals surface area contributed by atoms with Crippen LogP contribution >= 0.6 is 15.9 Å². The topological polar surface area (TPSA) is 69.6 Å². The Morgan fingerprint density at radius 1 is 1.29 bits per heavy atom. The number of benzene rings is 2. The van der Waals surface area contributed by atoms with Crippen molar-refractivity contribution in [3.8, 4) is 5.75 Å². The van der Waals surface area contributed by atoms with Gasteiger partial charge in [0, 0.05) is 6.54 Å². The van der Waals surface area contributed by atoms with Gasteiger partial charge in [0.05, 0.1) is 4.47 Å². The lowest BCUT2D eigenvalue weighted by Gasteiger charge is -2.06. The van der Waals surface area contributed by atoms with Gasteiger partial charge < -0.3 is 15.5 Å². The zero-order valence-corrected chi connectivity index (χ0v) is 10.4. The number of hydrogen-bond donors (Lipinski definition) is 3. The fourth-order valence-electron chi connectivity index (χ4n) is 1.62. The molecule has 0 unspecified atom stereocenters. The normalized spacial score (nSPS) is 10.4. The van der Waals surface area contributed by atoms with Crippen LogP contribution in [0.3, 0.4) is 0 Å². The van der Waals surface area contributed by atoms with E-state index in [4.69, 9.17) is 5.11 Å². The maximum atomic E-state index is 10.4. The predicted octanol–water partition coefficient (Wildman–Crippen LogP) is 3.08. The molecular weight excluding hydrogens is 286 g/mol. The average molecular weight is 296 g/mol. The molecule has 0 heterocycles. The maximum Gasteiger partial charge on any atom is 0.404 e. The average Bonchev–Trinajstić information content (AvgIpc) is 2.31. The van der Waals surface area contributed by atoms with Crippen LogP contribution in [-0.4, -0.2) is 16.3 Å². The van der Waals surface area contributed by atoms with Crippen LogP contribution in [-0.2, 0) is 6.54 Å². The molecule has 1 amide bonds. The number of phenolic OH excluding ortho intramolecular Hbond substituents is 1.